The van der Waals surface area contributed by atoms with Gasteiger partial charge in [0.25, 0.3) is 5.91 Å². The molecule has 0 spiro atoms. The van der Waals surface area contributed by atoms with Crippen molar-refractivity contribution in [3.63, 3.8) is 0 Å². The molecule has 0 bridgehead atoms. The number of aliphatic hydroxyl groups is 2. The second-order valence-electron chi connectivity index (χ2n) is 7.28. The van der Waals surface area contributed by atoms with Gasteiger partial charge in [0.15, 0.2) is 5.60 Å². The molecule has 27 heavy (non-hydrogen) atoms. The summed E-state index contributed by atoms with van der Waals surface area (Å²) in [5.41, 5.74) is -0.604. The van der Waals surface area contributed by atoms with E-state index in [1.54, 1.807) is 49.2 Å². The fourth-order valence-corrected chi connectivity index (χ4v) is 4.18. The molecule has 0 aromatic heterocycles. The van der Waals surface area contributed by atoms with Gasteiger partial charge in [-0.25, -0.2) is 0 Å². The number of carbonyl (C=O) groups excluding carboxylic acids is 2. The number of benzene rings is 1. The number of aliphatic hydroxyl groups excluding tert-OH is 1. The molecule has 2 aliphatic heterocycles. The van der Waals surface area contributed by atoms with E-state index < -0.39 is 17.4 Å². The summed E-state index contributed by atoms with van der Waals surface area (Å²) in [6.07, 6.45) is 5.27. The molecular formula is C20H25ClN2O4. The van der Waals surface area contributed by atoms with Crippen LogP contribution in [-0.2, 0) is 15.2 Å². The minimum Gasteiger partial charge on any atom is -0.394 e. The standard InChI is InChI=1S/C20H25ClN2O4/c1-13(5-3-7-18(25)23-10-4-6-15(23)12-24)20(27)16-11-14(21)8-9-17(16)22(2)19(20)26/h3,5,8-9,11,13,15,24,27H,4,6-7,10,12H2,1-2H3/b5-3+/t13-,15-,20+/m0/s1. The van der Waals surface area contributed by atoms with Gasteiger partial charge < -0.3 is 20.0 Å². The van der Waals surface area contributed by atoms with Crippen LogP contribution in [0.3, 0.4) is 0 Å². The van der Waals surface area contributed by atoms with Gasteiger partial charge in [-0.1, -0.05) is 30.7 Å². The van der Waals surface area contributed by atoms with E-state index in [1.165, 1.54) is 4.90 Å². The van der Waals surface area contributed by atoms with E-state index >= 15 is 0 Å². The molecule has 1 aromatic rings. The number of carbonyl (C=O) groups is 2. The zero-order chi connectivity index (χ0) is 19.8. The van der Waals surface area contributed by atoms with Crippen LogP contribution < -0.4 is 4.90 Å². The van der Waals surface area contributed by atoms with Crippen molar-refractivity contribution in [1.82, 2.24) is 4.90 Å². The highest BCUT2D eigenvalue weighted by Crippen LogP contribution is 2.45. The lowest BCUT2D eigenvalue weighted by Crippen LogP contribution is -2.43. The Hall–Kier alpha value is -1.89. The Morgan fingerprint density at radius 3 is 2.93 bits per heavy atom. The van der Waals surface area contributed by atoms with Gasteiger partial charge in [-0.2, -0.15) is 0 Å². The zero-order valence-corrected chi connectivity index (χ0v) is 16.3. The van der Waals surface area contributed by atoms with E-state index in [2.05, 4.69) is 0 Å². The largest absolute Gasteiger partial charge is 0.394 e. The van der Waals surface area contributed by atoms with E-state index in [0.717, 1.165) is 12.8 Å². The first-order valence-electron chi connectivity index (χ1n) is 9.18. The van der Waals surface area contributed by atoms with E-state index in [-0.39, 0.29) is 25.0 Å². The van der Waals surface area contributed by atoms with Gasteiger partial charge in [-0.15, -0.1) is 0 Å². The maximum Gasteiger partial charge on any atom is 0.264 e. The van der Waals surface area contributed by atoms with Crippen molar-refractivity contribution < 1.29 is 19.8 Å². The molecule has 1 aromatic carbocycles. The average molecular weight is 393 g/mol. The Kier molecular flexibility index (Phi) is 5.60. The van der Waals surface area contributed by atoms with Crippen molar-refractivity contribution in [3.05, 3.63) is 40.9 Å². The monoisotopic (exact) mass is 392 g/mol. The number of fused-ring (bicyclic) bond motifs is 1. The molecule has 3 rings (SSSR count). The minimum absolute atomic E-state index is 0.0238. The molecule has 0 saturated carbocycles. The number of rotatable bonds is 5. The number of nitrogens with zero attached hydrogens (tertiary/aromatic N) is 2. The maximum atomic E-state index is 12.7. The molecule has 3 atom stereocenters. The lowest BCUT2D eigenvalue weighted by molar-refractivity contribution is -0.139. The van der Waals surface area contributed by atoms with Crippen LogP contribution in [0.15, 0.2) is 30.4 Å². The number of halogens is 1. The smallest absolute Gasteiger partial charge is 0.264 e. The summed E-state index contributed by atoms with van der Waals surface area (Å²) in [5, 5.41) is 21.0. The summed E-state index contributed by atoms with van der Waals surface area (Å²) in [6, 6.07) is 4.91. The third-order valence-corrected chi connectivity index (χ3v) is 5.88. The van der Waals surface area contributed by atoms with Gasteiger partial charge in [0.05, 0.1) is 18.3 Å². The van der Waals surface area contributed by atoms with E-state index in [0.29, 0.717) is 22.8 Å². The van der Waals surface area contributed by atoms with Gasteiger partial charge in [0, 0.05) is 36.5 Å². The number of anilines is 1. The summed E-state index contributed by atoms with van der Waals surface area (Å²) in [5.74, 6) is -1.00. The van der Waals surface area contributed by atoms with Crippen molar-refractivity contribution in [3.8, 4) is 0 Å². The molecule has 6 nitrogen and oxygen atoms in total. The zero-order valence-electron chi connectivity index (χ0n) is 15.6. The second kappa shape index (κ2) is 7.62. The lowest BCUT2D eigenvalue weighted by Gasteiger charge is -2.27. The predicted octanol–water partition coefficient (Wildman–Crippen LogP) is 2.07. The Bertz CT molecular complexity index is 781. The minimum atomic E-state index is -1.71. The van der Waals surface area contributed by atoms with Gasteiger partial charge in [-0.05, 0) is 31.0 Å². The van der Waals surface area contributed by atoms with Crippen molar-refractivity contribution in [1.29, 1.82) is 0 Å². The molecule has 2 N–H and O–H groups in total. The summed E-state index contributed by atoms with van der Waals surface area (Å²) in [6.45, 7) is 2.38. The molecule has 1 fully saturated rings. The predicted molar refractivity (Wildman–Crippen MR) is 104 cm³/mol. The van der Waals surface area contributed by atoms with Crippen LogP contribution in [0.25, 0.3) is 0 Å². The summed E-state index contributed by atoms with van der Waals surface area (Å²) >= 11 is 6.07. The number of hydrogen-bond donors (Lipinski definition) is 2. The van der Waals surface area contributed by atoms with Gasteiger partial charge >= 0.3 is 0 Å². The van der Waals surface area contributed by atoms with E-state index in [1.807, 2.05) is 0 Å². The highest BCUT2D eigenvalue weighted by Gasteiger charge is 2.51. The van der Waals surface area contributed by atoms with Crippen LogP contribution >= 0.6 is 11.6 Å². The van der Waals surface area contributed by atoms with Crippen molar-refractivity contribution >= 4 is 29.1 Å². The van der Waals surface area contributed by atoms with Crippen LogP contribution in [0, 0.1) is 5.92 Å². The number of amides is 2. The first-order chi connectivity index (χ1) is 12.8. The molecule has 1 saturated heterocycles. The number of likely N-dealkylation sites (N-methyl/N-ethyl adjacent to an activating group) is 1. The second-order valence-corrected chi connectivity index (χ2v) is 7.72. The van der Waals surface area contributed by atoms with Gasteiger partial charge in [0.2, 0.25) is 5.91 Å². The van der Waals surface area contributed by atoms with Crippen molar-refractivity contribution in [2.45, 2.75) is 37.8 Å². The van der Waals surface area contributed by atoms with Crippen LogP contribution in [0.4, 0.5) is 5.69 Å². The first-order valence-corrected chi connectivity index (χ1v) is 9.56. The van der Waals surface area contributed by atoms with Crippen LogP contribution in [0.5, 0.6) is 0 Å². The molecule has 2 heterocycles. The summed E-state index contributed by atoms with van der Waals surface area (Å²) in [7, 11) is 1.62. The van der Waals surface area contributed by atoms with Gasteiger partial charge in [0.1, 0.15) is 0 Å². The third kappa shape index (κ3) is 3.37. The van der Waals surface area contributed by atoms with Crippen LogP contribution in [0.2, 0.25) is 5.02 Å². The molecule has 0 radical (unpaired) electrons. The topological polar surface area (TPSA) is 81.1 Å². The van der Waals surface area contributed by atoms with E-state index in [4.69, 9.17) is 11.6 Å². The maximum absolute atomic E-state index is 12.7. The molecule has 2 aliphatic rings. The Balaban J connectivity index is 1.75. The van der Waals surface area contributed by atoms with E-state index in [9.17, 15) is 19.8 Å². The Morgan fingerprint density at radius 1 is 1.48 bits per heavy atom. The molecule has 0 unspecified atom stereocenters. The normalized spacial score (nSPS) is 26.1. The Labute approximate surface area is 164 Å². The summed E-state index contributed by atoms with van der Waals surface area (Å²) in [4.78, 5) is 28.2. The Morgan fingerprint density at radius 2 is 2.22 bits per heavy atom. The fraction of sp³-hybridized carbons (Fsp3) is 0.500. The quantitative estimate of drug-likeness (QED) is 0.752. The van der Waals surface area contributed by atoms with Crippen molar-refractivity contribution in [2.75, 3.05) is 25.1 Å². The highest BCUT2D eigenvalue weighted by atomic mass is 35.5. The molecule has 0 aliphatic carbocycles. The van der Waals surface area contributed by atoms with Gasteiger partial charge in [-0.3, -0.25) is 9.59 Å². The summed E-state index contributed by atoms with van der Waals surface area (Å²) < 4.78 is 0. The fourth-order valence-electron chi connectivity index (χ4n) is 4.01. The van der Waals surface area contributed by atoms with Crippen LogP contribution in [0.1, 0.15) is 31.7 Å². The average Bonchev–Trinajstić information content (AvgIpc) is 3.20. The molecule has 146 valence electrons. The van der Waals surface area contributed by atoms with Crippen molar-refractivity contribution in [2.24, 2.45) is 5.92 Å². The molecular weight excluding hydrogens is 368 g/mol. The lowest BCUT2D eigenvalue weighted by atomic mass is 9.83. The number of hydrogen-bond acceptors (Lipinski definition) is 4. The van der Waals surface area contributed by atoms with Crippen LogP contribution in [-0.4, -0.2) is 53.2 Å². The highest BCUT2D eigenvalue weighted by molar-refractivity contribution is 6.31. The molecule has 2 amide bonds. The molecule has 7 heteroatoms. The third-order valence-electron chi connectivity index (χ3n) is 5.65. The first kappa shape index (κ1) is 19.9. The SMILES string of the molecule is C[C@@H](/C=C/CC(=O)N1CCC[C@H]1CO)[C@]1(O)C(=O)N(C)c2ccc(Cl)cc21. The number of likely N-dealkylation sites (tertiary alicyclic amines) is 1.